The quantitative estimate of drug-likeness (QED) is 0.264. The molecular weight excluding hydrogens is 403 g/mol. The van der Waals surface area contributed by atoms with Crippen molar-refractivity contribution >= 4 is 44.9 Å². The molecule has 0 heterocycles. The molecule has 33 heavy (non-hydrogen) atoms. The van der Waals surface area contributed by atoms with Gasteiger partial charge in [-0.1, -0.05) is 115 Å². The zero-order chi connectivity index (χ0) is 22.4. The first-order valence-corrected chi connectivity index (χ1v) is 11.1. The van der Waals surface area contributed by atoms with E-state index in [1.807, 2.05) is 18.2 Å². The molecule has 0 aromatic heterocycles. The molecule has 0 atom stereocenters. The number of fused-ring (bicyclic) bond motifs is 3. The van der Waals surface area contributed by atoms with Crippen molar-refractivity contribution < 1.29 is 10.0 Å². The van der Waals surface area contributed by atoms with Gasteiger partial charge >= 0.3 is 7.12 Å². The number of benzene rings is 6. The van der Waals surface area contributed by atoms with Crippen LogP contribution in [-0.2, 0) is 0 Å². The first-order valence-electron chi connectivity index (χ1n) is 11.1. The van der Waals surface area contributed by atoms with Crippen LogP contribution in [0.3, 0.4) is 0 Å². The van der Waals surface area contributed by atoms with Gasteiger partial charge in [0.05, 0.1) is 0 Å². The summed E-state index contributed by atoms with van der Waals surface area (Å²) in [5, 5.41) is 26.6. The molecule has 2 N–H and O–H groups in total. The minimum absolute atomic E-state index is 0.485. The molecule has 3 heteroatoms. The Morgan fingerprint density at radius 2 is 0.970 bits per heavy atom. The van der Waals surface area contributed by atoms with Crippen molar-refractivity contribution in [3.8, 4) is 22.3 Å². The van der Waals surface area contributed by atoms with Gasteiger partial charge in [0.2, 0.25) is 0 Å². The van der Waals surface area contributed by atoms with E-state index in [1.165, 1.54) is 32.7 Å². The molecule has 0 unspecified atom stereocenters. The third-order valence-electron chi connectivity index (χ3n) is 6.46. The average Bonchev–Trinajstić information content (AvgIpc) is 2.87. The Hall–Kier alpha value is -3.92. The van der Waals surface area contributed by atoms with Crippen LogP contribution in [0.5, 0.6) is 0 Å². The predicted octanol–water partition coefficient (Wildman–Crippen LogP) is 6.16. The highest BCUT2D eigenvalue weighted by molar-refractivity contribution is 6.58. The smallest absolute Gasteiger partial charge is 0.423 e. The fourth-order valence-electron chi connectivity index (χ4n) is 5.03. The first kappa shape index (κ1) is 19.7. The van der Waals surface area contributed by atoms with Gasteiger partial charge in [-0.05, 0) is 60.0 Å². The van der Waals surface area contributed by atoms with Gasteiger partial charge in [0.15, 0.2) is 0 Å². The highest BCUT2D eigenvalue weighted by Gasteiger charge is 2.19. The van der Waals surface area contributed by atoms with Gasteiger partial charge < -0.3 is 10.0 Å². The fraction of sp³-hybridized carbons (Fsp3) is 0. The van der Waals surface area contributed by atoms with Crippen LogP contribution in [0.4, 0.5) is 0 Å². The number of hydrogen-bond donors (Lipinski definition) is 2. The van der Waals surface area contributed by atoms with Crippen molar-refractivity contribution in [2.45, 2.75) is 0 Å². The molecule has 0 spiro atoms. The molecule has 0 saturated carbocycles. The summed E-state index contributed by atoms with van der Waals surface area (Å²) in [7, 11) is -1.50. The van der Waals surface area contributed by atoms with Crippen molar-refractivity contribution in [3.05, 3.63) is 115 Å². The van der Waals surface area contributed by atoms with Gasteiger partial charge in [0.1, 0.15) is 0 Å². The van der Waals surface area contributed by atoms with E-state index in [0.717, 1.165) is 21.9 Å². The van der Waals surface area contributed by atoms with Gasteiger partial charge in [-0.2, -0.15) is 0 Å². The summed E-state index contributed by atoms with van der Waals surface area (Å²) in [5.74, 6) is 0. The monoisotopic (exact) mass is 424 g/mol. The lowest BCUT2D eigenvalue weighted by molar-refractivity contribution is 0.426. The van der Waals surface area contributed by atoms with Crippen molar-refractivity contribution in [1.82, 2.24) is 0 Å². The van der Waals surface area contributed by atoms with E-state index < -0.39 is 7.12 Å². The van der Waals surface area contributed by atoms with Crippen LogP contribution < -0.4 is 5.46 Å². The van der Waals surface area contributed by atoms with Crippen LogP contribution in [0.1, 0.15) is 0 Å². The van der Waals surface area contributed by atoms with E-state index in [-0.39, 0.29) is 0 Å². The first-order chi connectivity index (χ1) is 16.2. The Morgan fingerprint density at radius 1 is 0.455 bits per heavy atom. The third kappa shape index (κ3) is 3.22. The fourth-order valence-corrected chi connectivity index (χ4v) is 5.03. The van der Waals surface area contributed by atoms with Crippen LogP contribution in [-0.4, -0.2) is 17.2 Å². The molecule has 156 valence electrons. The normalized spacial score (nSPS) is 11.3. The molecule has 2 nitrogen and oxygen atoms in total. The van der Waals surface area contributed by atoms with Crippen LogP contribution in [0.25, 0.3) is 54.6 Å². The van der Waals surface area contributed by atoms with E-state index >= 15 is 0 Å². The van der Waals surface area contributed by atoms with Gasteiger partial charge in [0, 0.05) is 0 Å². The second-order valence-electron chi connectivity index (χ2n) is 8.37. The zero-order valence-corrected chi connectivity index (χ0v) is 17.9. The summed E-state index contributed by atoms with van der Waals surface area (Å²) in [4.78, 5) is 0. The summed E-state index contributed by atoms with van der Waals surface area (Å²) in [6, 6.07) is 39.5. The van der Waals surface area contributed by atoms with E-state index in [1.54, 1.807) is 6.07 Å². The Bertz CT molecular complexity index is 1590. The van der Waals surface area contributed by atoms with Crippen LogP contribution >= 0.6 is 0 Å². The van der Waals surface area contributed by atoms with E-state index in [0.29, 0.717) is 5.46 Å². The summed E-state index contributed by atoms with van der Waals surface area (Å²) in [6.45, 7) is 0. The minimum Gasteiger partial charge on any atom is -0.423 e. The van der Waals surface area contributed by atoms with Crippen molar-refractivity contribution in [2.24, 2.45) is 0 Å². The standard InChI is InChI=1S/C30H21BO2/c32-31(33)22-12-7-11-21(19-22)29-25-14-3-5-16-27(25)30(28-17-6-4-15-26(28)29)24-18-8-10-20-9-1-2-13-23(20)24/h1-19,32-33H. The molecule has 0 aliphatic rings. The van der Waals surface area contributed by atoms with Crippen molar-refractivity contribution in [2.75, 3.05) is 0 Å². The molecule has 0 fully saturated rings. The van der Waals surface area contributed by atoms with Gasteiger partial charge in [-0.25, -0.2) is 0 Å². The lowest BCUT2D eigenvalue weighted by Crippen LogP contribution is -2.29. The van der Waals surface area contributed by atoms with Crippen LogP contribution in [0.2, 0.25) is 0 Å². The van der Waals surface area contributed by atoms with Gasteiger partial charge in [-0.3, -0.25) is 0 Å². The summed E-state index contributed by atoms with van der Waals surface area (Å²) < 4.78 is 0. The molecule has 0 aliphatic carbocycles. The maximum Gasteiger partial charge on any atom is 0.488 e. The van der Waals surface area contributed by atoms with Crippen LogP contribution in [0.15, 0.2) is 115 Å². The second-order valence-corrected chi connectivity index (χ2v) is 8.37. The molecule has 0 radical (unpaired) electrons. The summed E-state index contributed by atoms with van der Waals surface area (Å²) >= 11 is 0. The maximum atomic E-state index is 9.77. The van der Waals surface area contributed by atoms with Gasteiger partial charge in [0.25, 0.3) is 0 Å². The van der Waals surface area contributed by atoms with Gasteiger partial charge in [-0.15, -0.1) is 0 Å². The molecule has 0 saturated heterocycles. The van der Waals surface area contributed by atoms with E-state index in [9.17, 15) is 10.0 Å². The lowest BCUT2D eigenvalue weighted by atomic mass is 9.78. The minimum atomic E-state index is -1.50. The van der Waals surface area contributed by atoms with Crippen molar-refractivity contribution in [3.63, 3.8) is 0 Å². The Morgan fingerprint density at radius 3 is 1.61 bits per heavy atom. The Balaban J connectivity index is 1.79. The van der Waals surface area contributed by atoms with E-state index in [2.05, 4.69) is 91.0 Å². The molecule has 0 bridgehead atoms. The Kier molecular flexibility index (Phi) is 4.72. The molecular formula is C30H21BO2. The highest BCUT2D eigenvalue weighted by Crippen LogP contribution is 2.44. The topological polar surface area (TPSA) is 40.5 Å². The largest absolute Gasteiger partial charge is 0.488 e. The maximum absolute atomic E-state index is 9.77. The SMILES string of the molecule is OB(O)c1cccc(-c2c3ccccc3c(-c3cccc4ccccc34)c3ccccc23)c1. The summed E-state index contributed by atoms with van der Waals surface area (Å²) in [6.07, 6.45) is 0. The number of hydrogen-bond acceptors (Lipinski definition) is 2. The molecule has 6 aromatic carbocycles. The number of rotatable bonds is 3. The van der Waals surface area contributed by atoms with Crippen LogP contribution in [0, 0.1) is 0 Å². The molecule has 6 rings (SSSR count). The predicted molar refractivity (Wildman–Crippen MR) is 140 cm³/mol. The zero-order valence-electron chi connectivity index (χ0n) is 17.9. The lowest BCUT2D eigenvalue weighted by Gasteiger charge is -2.19. The summed E-state index contributed by atoms with van der Waals surface area (Å²) in [5.41, 5.74) is 5.00. The van der Waals surface area contributed by atoms with E-state index in [4.69, 9.17) is 0 Å². The third-order valence-corrected chi connectivity index (χ3v) is 6.46. The molecule has 6 aromatic rings. The molecule has 0 amide bonds. The Labute approximate surface area is 192 Å². The highest BCUT2D eigenvalue weighted by atomic mass is 16.4. The average molecular weight is 424 g/mol. The van der Waals surface area contributed by atoms with Crippen molar-refractivity contribution in [1.29, 1.82) is 0 Å². The second kappa shape index (κ2) is 7.89. The molecule has 0 aliphatic heterocycles.